The summed E-state index contributed by atoms with van der Waals surface area (Å²) in [6.07, 6.45) is -6.78. The molecule has 35 heavy (non-hydrogen) atoms. The second-order valence-corrected chi connectivity index (χ2v) is 7.46. The Morgan fingerprint density at radius 1 is 0.771 bits per heavy atom. The molecule has 0 radical (unpaired) electrons. The van der Waals surface area contributed by atoms with E-state index in [-0.39, 0.29) is 5.56 Å². The Bertz CT molecular complexity index is 1350. The molecule has 1 atom stereocenters. The van der Waals surface area contributed by atoms with Crippen molar-refractivity contribution in [3.05, 3.63) is 102 Å². The van der Waals surface area contributed by atoms with Crippen molar-refractivity contribution in [2.45, 2.75) is 18.4 Å². The molecule has 2 heterocycles. The van der Waals surface area contributed by atoms with Crippen LogP contribution in [0, 0.1) is 0 Å². The van der Waals surface area contributed by atoms with Gasteiger partial charge < -0.3 is 10.6 Å². The molecule has 2 aromatic carbocycles. The number of pyridine rings is 2. The minimum absolute atomic E-state index is 0.0167. The molecule has 0 bridgehead atoms. The van der Waals surface area contributed by atoms with E-state index in [9.17, 15) is 31.1 Å². The van der Waals surface area contributed by atoms with E-state index in [0.29, 0.717) is 16.6 Å². The summed E-state index contributed by atoms with van der Waals surface area (Å²) in [7, 11) is 0. The zero-order chi connectivity index (χ0) is 25.2. The smallest absolute Gasteiger partial charge is 0.325 e. The van der Waals surface area contributed by atoms with Gasteiger partial charge in [-0.2, -0.15) is 26.3 Å². The molecule has 2 N–H and O–H groups in total. The Kier molecular flexibility index (Phi) is 6.33. The fourth-order valence-corrected chi connectivity index (χ4v) is 3.56. The number of halogens is 6. The lowest BCUT2D eigenvalue weighted by atomic mass is 9.98. The lowest BCUT2D eigenvalue weighted by molar-refractivity contribution is -0.139. The maximum atomic E-state index is 13.7. The predicted molar refractivity (Wildman–Crippen MR) is 116 cm³/mol. The van der Waals surface area contributed by atoms with E-state index in [4.69, 9.17) is 0 Å². The second kappa shape index (κ2) is 9.24. The van der Waals surface area contributed by atoms with Crippen LogP contribution in [-0.4, -0.2) is 16.0 Å². The average molecular weight is 490 g/mol. The molecule has 2 aromatic heterocycles. The van der Waals surface area contributed by atoms with Crippen LogP contribution in [0.4, 0.5) is 36.8 Å². The van der Waals surface area contributed by atoms with Gasteiger partial charge in [-0.05, 0) is 54.1 Å². The molecule has 180 valence electrons. The summed E-state index contributed by atoms with van der Waals surface area (Å²) >= 11 is 0. The minimum Gasteiger partial charge on any atom is -0.325 e. The van der Waals surface area contributed by atoms with Crippen molar-refractivity contribution in [2.75, 3.05) is 5.32 Å². The van der Waals surface area contributed by atoms with Crippen molar-refractivity contribution in [3.8, 4) is 0 Å². The average Bonchev–Trinajstić information content (AvgIpc) is 2.82. The number of rotatable bonds is 4. The highest BCUT2D eigenvalue weighted by atomic mass is 19.4. The number of amides is 2. The number of anilines is 1. The van der Waals surface area contributed by atoms with Crippen LogP contribution in [0.25, 0.3) is 10.9 Å². The number of benzene rings is 2. The number of hydrogen-bond acceptors (Lipinski definition) is 3. The van der Waals surface area contributed by atoms with Crippen molar-refractivity contribution in [2.24, 2.45) is 0 Å². The van der Waals surface area contributed by atoms with Gasteiger partial charge in [-0.1, -0.05) is 18.2 Å². The highest BCUT2D eigenvalue weighted by molar-refractivity contribution is 6.00. The van der Waals surface area contributed by atoms with Crippen LogP contribution < -0.4 is 10.6 Å². The van der Waals surface area contributed by atoms with E-state index in [2.05, 4.69) is 20.6 Å². The predicted octanol–water partition coefficient (Wildman–Crippen LogP) is 6.58. The number of nitrogens with one attached hydrogen (secondary N) is 2. The molecule has 4 aromatic rings. The van der Waals surface area contributed by atoms with Gasteiger partial charge in [0.1, 0.15) is 0 Å². The first kappa shape index (κ1) is 24.0. The first-order chi connectivity index (χ1) is 16.5. The van der Waals surface area contributed by atoms with Crippen molar-refractivity contribution >= 4 is 22.6 Å². The maximum Gasteiger partial charge on any atom is 0.418 e. The molecule has 1 unspecified atom stereocenters. The van der Waals surface area contributed by atoms with Gasteiger partial charge in [-0.15, -0.1) is 0 Å². The third kappa shape index (κ3) is 5.34. The van der Waals surface area contributed by atoms with Crippen LogP contribution in [0.5, 0.6) is 0 Å². The van der Waals surface area contributed by atoms with Crippen molar-refractivity contribution in [1.82, 2.24) is 15.3 Å². The van der Waals surface area contributed by atoms with E-state index in [1.807, 2.05) is 0 Å². The fourth-order valence-electron chi connectivity index (χ4n) is 3.56. The summed E-state index contributed by atoms with van der Waals surface area (Å²) in [5, 5.41) is 5.58. The fraction of sp³-hybridized carbons (Fsp3) is 0.125. The first-order valence-electron chi connectivity index (χ1n) is 10.1. The Labute approximate surface area is 194 Å². The SMILES string of the molecule is O=C(Nc1cccc2ncccc12)NC(c1ccc(C(F)(F)F)cc1)c1ncccc1C(F)(F)F. The number of carbonyl (C=O) groups excluding carboxylic acids is 1. The molecule has 4 rings (SSSR count). The summed E-state index contributed by atoms with van der Waals surface area (Å²) in [6, 6.07) is 11.2. The minimum atomic E-state index is -4.81. The Morgan fingerprint density at radius 2 is 1.46 bits per heavy atom. The highest BCUT2D eigenvalue weighted by Gasteiger charge is 2.37. The number of aromatic nitrogens is 2. The van der Waals surface area contributed by atoms with Crippen LogP contribution >= 0.6 is 0 Å². The molecule has 0 spiro atoms. The molecule has 0 fully saturated rings. The monoisotopic (exact) mass is 490 g/mol. The molecular weight excluding hydrogens is 474 g/mol. The van der Waals surface area contributed by atoms with Crippen LogP contribution in [-0.2, 0) is 12.4 Å². The summed E-state index contributed by atoms with van der Waals surface area (Å²) in [4.78, 5) is 20.9. The summed E-state index contributed by atoms with van der Waals surface area (Å²) in [5.74, 6) is 0. The van der Waals surface area contributed by atoms with E-state index >= 15 is 0 Å². The lowest BCUT2D eigenvalue weighted by Crippen LogP contribution is -2.35. The molecule has 11 heteroatoms. The van der Waals surface area contributed by atoms with Crippen molar-refractivity contribution in [1.29, 1.82) is 0 Å². The zero-order valence-corrected chi connectivity index (χ0v) is 17.7. The molecule has 5 nitrogen and oxygen atoms in total. The topological polar surface area (TPSA) is 66.9 Å². The Hall–Kier alpha value is -4.15. The van der Waals surface area contributed by atoms with Gasteiger partial charge in [0.15, 0.2) is 0 Å². The van der Waals surface area contributed by atoms with Crippen molar-refractivity contribution < 1.29 is 31.1 Å². The number of carbonyl (C=O) groups is 1. The summed E-state index contributed by atoms with van der Waals surface area (Å²) in [5.41, 5.74) is -1.76. The molecule has 0 aliphatic rings. The Balaban J connectivity index is 1.72. The van der Waals surface area contributed by atoms with Gasteiger partial charge in [-0.25, -0.2) is 4.79 Å². The molecule has 0 saturated heterocycles. The number of urea groups is 1. The quantitative estimate of drug-likeness (QED) is 0.318. The molecule has 2 amide bonds. The molecule has 0 aliphatic carbocycles. The van der Waals surface area contributed by atoms with Crippen LogP contribution in [0.3, 0.4) is 0 Å². The summed E-state index contributed by atoms with van der Waals surface area (Å²) < 4.78 is 80.0. The standard InChI is InChI=1S/C24H16F6N4O/c25-23(26,27)15-10-8-14(9-11-15)20(21-17(24(28,29)30)5-3-13-32-21)34-22(35)33-19-7-1-6-18-16(19)4-2-12-31-18/h1-13,20H,(H2,33,34,35). The molecular formula is C24H16F6N4O. The number of alkyl halides is 6. The Morgan fingerprint density at radius 3 is 2.14 bits per heavy atom. The molecule has 0 aliphatic heterocycles. The third-order valence-corrected chi connectivity index (χ3v) is 5.16. The van der Waals surface area contributed by atoms with E-state index in [1.165, 1.54) is 0 Å². The van der Waals surface area contributed by atoms with Crippen LogP contribution in [0.15, 0.2) is 79.1 Å². The second-order valence-electron chi connectivity index (χ2n) is 7.46. The van der Waals surface area contributed by atoms with Crippen LogP contribution in [0.1, 0.15) is 28.4 Å². The summed E-state index contributed by atoms with van der Waals surface area (Å²) in [6.45, 7) is 0. The maximum absolute atomic E-state index is 13.7. The normalized spacial score (nSPS) is 12.9. The number of fused-ring (bicyclic) bond motifs is 1. The third-order valence-electron chi connectivity index (χ3n) is 5.16. The largest absolute Gasteiger partial charge is 0.418 e. The van der Waals surface area contributed by atoms with Gasteiger partial charge in [0, 0.05) is 17.8 Å². The highest BCUT2D eigenvalue weighted by Crippen LogP contribution is 2.36. The van der Waals surface area contributed by atoms with Gasteiger partial charge in [0.05, 0.1) is 34.1 Å². The zero-order valence-electron chi connectivity index (χ0n) is 17.7. The van der Waals surface area contributed by atoms with E-state index in [1.54, 1.807) is 36.5 Å². The first-order valence-corrected chi connectivity index (χ1v) is 10.1. The van der Waals surface area contributed by atoms with Gasteiger partial charge in [0.25, 0.3) is 0 Å². The van der Waals surface area contributed by atoms with Gasteiger partial charge in [-0.3, -0.25) is 9.97 Å². The number of nitrogens with zero attached hydrogens (tertiary/aromatic N) is 2. The number of hydrogen-bond donors (Lipinski definition) is 2. The van der Waals surface area contributed by atoms with E-state index in [0.717, 1.165) is 42.6 Å². The van der Waals surface area contributed by atoms with Gasteiger partial charge >= 0.3 is 18.4 Å². The molecule has 0 saturated carbocycles. The van der Waals surface area contributed by atoms with Crippen LogP contribution in [0.2, 0.25) is 0 Å². The van der Waals surface area contributed by atoms with Crippen molar-refractivity contribution in [3.63, 3.8) is 0 Å². The van der Waals surface area contributed by atoms with E-state index < -0.39 is 41.2 Å². The lowest BCUT2D eigenvalue weighted by Gasteiger charge is -2.23. The van der Waals surface area contributed by atoms with Gasteiger partial charge in [0.2, 0.25) is 0 Å².